The summed E-state index contributed by atoms with van der Waals surface area (Å²) in [5, 5.41) is 11.0. The second-order valence-electron chi connectivity index (χ2n) is 11.2. The van der Waals surface area contributed by atoms with Crippen LogP contribution in [0.2, 0.25) is 0 Å². The van der Waals surface area contributed by atoms with E-state index >= 15 is 0 Å². The molecule has 0 aliphatic heterocycles. The van der Waals surface area contributed by atoms with Crippen LogP contribution in [0.1, 0.15) is 26.3 Å². The van der Waals surface area contributed by atoms with Gasteiger partial charge in [-0.05, 0) is 76.7 Å². The van der Waals surface area contributed by atoms with Gasteiger partial charge in [-0.15, -0.1) is 10.2 Å². The quantitative estimate of drug-likeness (QED) is 0.233. The van der Waals surface area contributed by atoms with Gasteiger partial charge in [-0.2, -0.15) is 0 Å². The maximum atomic E-state index is 5.98. The molecule has 40 heavy (non-hydrogen) atoms. The van der Waals surface area contributed by atoms with Crippen LogP contribution in [0.15, 0.2) is 126 Å². The van der Waals surface area contributed by atoms with Gasteiger partial charge in [0.1, 0.15) is 0 Å². The molecule has 0 spiro atoms. The highest BCUT2D eigenvalue weighted by Crippen LogP contribution is 2.36. The van der Waals surface area contributed by atoms with Crippen LogP contribution in [-0.2, 0) is 5.41 Å². The van der Waals surface area contributed by atoms with E-state index in [0.717, 1.165) is 16.8 Å². The molecule has 0 unspecified atom stereocenters. The smallest absolute Gasteiger partial charge is 0.248 e. The van der Waals surface area contributed by atoms with Gasteiger partial charge < -0.3 is 8.98 Å². The molecule has 4 nitrogen and oxygen atoms in total. The van der Waals surface area contributed by atoms with Gasteiger partial charge in [0.05, 0.1) is 11.0 Å². The van der Waals surface area contributed by atoms with E-state index in [1.54, 1.807) is 0 Å². The zero-order chi connectivity index (χ0) is 27.3. The summed E-state index contributed by atoms with van der Waals surface area (Å²) < 4.78 is 8.30. The Morgan fingerprint density at radius 3 is 1.80 bits per heavy atom. The minimum Gasteiger partial charge on any atom is -0.416 e. The molecule has 5 aromatic carbocycles. The number of benzene rings is 5. The fourth-order valence-corrected chi connectivity index (χ4v) is 5.38. The van der Waals surface area contributed by atoms with Crippen LogP contribution in [0, 0.1) is 0 Å². The molecule has 0 aliphatic carbocycles. The topological polar surface area (TPSA) is 43.9 Å². The van der Waals surface area contributed by atoms with Crippen molar-refractivity contribution in [3.8, 4) is 39.7 Å². The van der Waals surface area contributed by atoms with E-state index in [4.69, 9.17) is 4.42 Å². The summed E-state index contributed by atoms with van der Waals surface area (Å²) in [5.41, 5.74) is 9.16. The molecule has 0 saturated heterocycles. The van der Waals surface area contributed by atoms with Gasteiger partial charge >= 0.3 is 0 Å². The van der Waals surface area contributed by atoms with Crippen molar-refractivity contribution in [1.29, 1.82) is 0 Å². The lowest BCUT2D eigenvalue weighted by Gasteiger charge is -2.19. The average molecular weight is 520 g/mol. The summed E-state index contributed by atoms with van der Waals surface area (Å²) in [6, 6.07) is 42.5. The van der Waals surface area contributed by atoms with Crippen molar-refractivity contribution in [2.45, 2.75) is 26.2 Å². The van der Waals surface area contributed by atoms with E-state index < -0.39 is 0 Å². The Hall–Kier alpha value is -4.96. The minimum absolute atomic E-state index is 0.138. The Morgan fingerprint density at radius 2 is 1.10 bits per heavy atom. The van der Waals surface area contributed by atoms with Gasteiger partial charge in [0, 0.05) is 27.6 Å². The molecule has 0 saturated carbocycles. The van der Waals surface area contributed by atoms with Crippen molar-refractivity contribution < 1.29 is 4.42 Å². The number of aromatic nitrogens is 3. The summed E-state index contributed by atoms with van der Waals surface area (Å²) in [7, 11) is 0. The number of hydrogen-bond acceptors (Lipinski definition) is 3. The van der Waals surface area contributed by atoms with Crippen molar-refractivity contribution in [2.24, 2.45) is 0 Å². The number of nitrogens with zero attached hydrogens (tertiary/aromatic N) is 3. The lowest BCUT2D eigenvalue weighted by atomic mass is 9.86. The molecule has 7 rings (SSSR count). The van der Waals surface area contributed by atoms with Gasteiger partial charge in [0.15, 0.2) is 0 Å². The lowest BCUT2D eigenvalue weighted by Crippen LogP contribution is -2.10. The molecule has 194 valence electrons. The van der Waals surface area contributed by atoms with Gasteiger partial charge in [0.2, 0.25) is 11.8 Å². The van der Waals surface area contributed by atoms with E-state index in [2.05, 4.69) is 114 Å². The first-order chi connectivity index (χ1) is 19.5. The molecule has 2 heterocycles. The molecule has 4 heteroatoms. The predicted molar refractivity (Wildman–Crippen MR) is 164 cm³/mol. The lowest BCUT2D eigenvalue weighted by molar-refractivity contribution is 0.584. The molecule has 0 atom stereocenters. The van der Waals surface area contributed by atoms with Crippen molar-refractivity contribution >= 4 is 21.8 Å². The summed E-state index contributed by atoms with van der Waals surface area (Å²) in [6.45, 7) is 6.75. The number of rotatable bonds is 4. The molecular weight excluding hydrogens is 490 g/mol. The third-order valence-electron chi connectivity index (χ3n) is 7.58. The monoisotopic (exact) mass is 519 g/mol. The predicted octanol–water partition coefficient (Wildman–Crippen LogP) is 9.47. The molecule has 0 radical (unpaired) electrons. The molecule has 0 amide bonds. The van der Waals surface area contributed by atoms with Gasteiger partial charge in [-0.3, -0.25) is 0 Å². The third-order valence-corrected chi connectivity index (χ3v) is 7.58. The van der Waals surface area contributed by atoms with Crippen molar-refractivity contribution in [2.75, 3.05) is 0 Å². The highest BCUT2D eigenvalue weighted by Gasteiger charge is 2.16. The van der Waals surface area contributed by atoms with E-state index in [9.17, 15) is 0 Å². The van der Waals surface area contributed by atoms with Crippen molar-refractivity contribution in [1.82, 2.24) is 14.8 Å². The fraction of sp³-hybridized carbons (Fsp3) is 0.111. The number of hydrogen-bond donors (Lipinski definition) is 0. The molecule has 0 fully saturated rings. The highest BCUT2D eigenvalue weighted by atomic mass is 16.4. The zero-order valence-corrected chi connectivity index (χ0v) is 22.8. The third kappa shape index (κ3) is 4.18. The Kier molecular flexibility index (Phi) is 5.64. The number of fused-ring (bicyclic) bond motifs is 3. The van der Waals surface area contributed by atoms with E-state index in [1.165, 1.54) is 38.5 Å². The van der Waals surface area contributed by atoms with Gasteiger partial charge in [-0.1, -0.05) is 87.5 Å². The maximum absolute atomic E-state index is 5.98. The summed E-state index contributed by atoms with van der Waals surface area (Å²) in [5.74, 6) is 1.03. The van der Waals surface area contributed by atoms with Crippen LogP contribution in [0.5, 0.6) is 0 Å². The van der Waals surface area contributed by atoms with Crippen LogP contribution < -0.4 is 0 Å². The molecule has 0 aliphatic rings. The summed E-state index contributed by atoms with van der Waals surface area (Å²) in [6.07, 6.45) is 0. The molecule has 0 bridgehead atoms. The van der Waals surface area contributed by atoms with E-state index in [-0.39, 0.29) is 5.41 Å². The summed E-state index contributed by atoms with van der Waals surface area (Å²) >= 11 is 0. The average Bonchev–Trinajstić information content (AvgIpc) is 3.61. The normalized spacial score (nSPS) is 11.9. The van der Waals surface area contributed by atoms with Crippen LogP contribution in [0.4, 0.5) is 0 Å². The Bertz CT molecular complexity index is 1960. The minimum atomic E-state index is 0.138. The van der Waals surface area contributed by atoms with Crippen LogP contribution in [0.3, 0.4) is 0 Å². The van der Waals surface area contributed by atoms with Gasteiger partial charge in [-0.25, -0.2) is 0 Å². The first-order valence-corrected chi connectivity index (χ1v) is 13.6. The number of para-hydroxylation sites is 1. The van der Waals surface area contributed by atoms with Crippen molar-refractivity contribution in [3.63, 3.8) is 0 Å². The van der Waals surface area contributed by atoms with Crippen LogP contribution >= 0.6 is 0 Å². The SMILES string of the molecule is CC(C)(C)c1ccc(-c2ccc3c(c2)c2ccccc2n3-c2ccc(-c3nnc(-c4ccccc4)o3)cc2)cc1. The molecule has 7 aromatic rings. The molecule has 0 N–H and O–H groups in total. The first-order valence-electron chi connectivity index (χ1n) is 13.6. The maximum Gasteiger partial charge on any atom is 0.248 e. The zero-order valence-electron chi connectivity index (χ0n) is 22.8. The van der Waals surface area contributed by atoms with Crippen molar-refractivity contribution in [3.05, 3.63) is 127 Å². The molecular formula is C36H29N3O. The standard InChI is InChI=1S/C36H29N3O/c1-36(2,3)28-18-13-24(14-19-28)27-17-22-33-31(23-27)30-11-7-8-12-32(30)39(33)29-20-15-26(16-21-29)35-38-37-34(40-35)25-9-5-4-6-10-25/h4-23H,1-3H3. The second kappa shape index (κ2) is 9.35. The van der Waals surface area contributed by atoms with Gasteiger partial charge in [0.25, 0.3) is 0 Å². The Morgan fingerprint density at radius 1 is 0.525 bits per heavy atom. The Balaban J connectivity index is 1.28. The first kappa shape index (κ1) is 24.1. The summed E-state index contributed by atoms with van der Waals surface area (Å²) in [4.78, 5) is 0. The van der Waals surface area contributed by atoms with Crippen LogP contribution in [0.25, 0.3) is 61.5 Å². The molecule has 2 aromatic heterocycles. The van der Waals surface area contributed by atoms with E-state index in [0.29, 0.717) is 11.8 Å². The largest absolute Gasteiger partial charge is 0.416 e. The fourth-order valence-electron chi connectivity index (χ4n) is 5.38. The van der Waals surface area contributed by atoms with E-state index in [1.807, 2.05) is 42.5 Å². The van der Waals surface area contributed by atoms with Crippen LogP contribution in [-0.4, -0.2) is 14.8 Å². The highest BCUT2D eigenvalue weighted by molar-refractivity contribution is 6.10. The second-order valence-corrected chi connectivity index (χ2v) is 11.2. The Labute approximate surface area is 233 Å².